The molecule has 0 aliphatic heterocycles. The van der Waals surface area contributed by atoms with E-state index in [0.717, 1.165) is 47.6 Å². The number of carboxylic acid groups (broad SMARTS) is 1. The van der Waals surface area contributed by atoms with Crippen molar-refractivity contribution in [3.8, 4) is 11.3 Å². The standard InChI is InChI=1S/C43H55N5O8S/c1-3-48(4-2)36-13-16-39(38(31-36)40-30-34(42(44)51)18-19-45-40)47-43(52)35-9-5-7-33(29-35)8-6-21-53-23-25-55-27-28-56-26-24-54-22-20-46-57-37-14-10-32(11-15-37)12-17-41(49)50/h5,7,9-11,13-16,18-19,29-31,46H,3-4,6,8,12,17,20-28H2,1-2H3,(H2,44,51)(H,47,52)(H,49,50). The first-order valence-electron chi connectivity index (χ1n) is 19.3. The van der Waals surface area contributed by atoms with Crippen LogP contribution in [0.15, 0.2) is 90.0 Å². The van der Waals surface area contributed by atoms with Gasteiger partial charge in [0.25, 0.3) is 5.91 Å². The van der Waals surface area contributed by atoms with Gasteiger partial charge >= 0.3 is 5.97 Å². The van der Waals surface area contributed by atoms with Gasteiger partial charge < -0.3 is 40.0 Å². The second-order valence-corrected chi connectivity index (χ2v) is 13.9. The van der Waals surface area contributed by atoms with Crippen molar-refractivity contribution in [2.24, 2.45) is 5.73 Å². The molecule has 0 atom stereocenters. The van der Waals surface area contributed by atoms with Gasteiger partial charge in [0.05, 0.1) is 57.6 Å². The summed E-state index contributed by atoms with van der Waals surface area (Å²) < 4.78 is 25.8. The lowest BCUT2D eigenvalue weighted by Gasteiger charge is -2.23. The molecule has 0 radical (unpaired) electrons. The van der Waals surface area contributed by atoms with Gasteiger partial charge in [-0.05, 0) is 111 Å². The van der Waals surface area contributed by atoms with Crippen LogP contribution < -0.4 is 20.7 Å². The van der Waals surface area contributed by atoms with Crippen molar-refractivity contribution in [3.63, 3.8) is 0 Å². The average molecular weight is 802 g/mol. The number of benzene rings is 3. The van der Waals surface area contributed by atoms with Crippen LogP contribution in [0, 0.1) is 0 Å². The molecule has 1 aromatic heterocycles. The molecule has 2 amide bonds. The molecule has 57 heavy (non-hydrogen) atoms. The minimum atomic E-state index is -0.789. The van der Waals surface area contributed by atoms with Crippen molar-refractivity contribution in [1.29, 1.82) is 0 Å². The minimum Gasteiger partial charge on any atom is -0.481 e. The lowest BCUT2D eigenvalue weighted by atomic mass is 10.0. The zero-order valence-corrected chi connectivity index (χ0v) is 33.7. The predicted octanol–water partition coefficient (Wildman–Crippen LogP) is 6.26. The van der Waals surface area contributed by atoms with Crippen LogP contribution in [-0.2, 0) is 36.6 Å². The van der Waals surface area contributed by atoms with E-state index in [1.807, 2.05) is 60.7 Å². The van der Waals surface area contributed by atoms with Crippen LogP contribution in [0.25, 0.3) is 11.3 Å². The number of hydrogen-bond donors (Lipinski definition) is 4. The zero-order chi connectivity index (χ0) is 40.7. The number of carbonyl (C=O) groups excluding carboxylic acids is 2. The van der Waals surface area contributed by atoms with Crippen LogP contribution in [0.2, 0.25) is 0 Å². The van der Waals surface area contributed by atoms with Gasteiger partial charge in [-0.1, -0.05) is 24.3 Å². The second-order valence-electron chi connectivity index (χ2n) is 12.9. The molecular weight excluding hydrogens is 747 g/mol. The first-order chi connectivity index (χ1) is 27.8. The molecule has 0 aliphatic rings. The van der Waals surface area contributed by atoms with Gasteiger partial charge in [-0.15, -0.1) is 0 Å². The number of hydrogen-bond acceptors (Lipinski definition) is 11. The Hall–Kier alpha value is -4.83. The Labute approximate surface area is 339 Å². The molecule has 0 spiro atoms. The molecule has 0 bridgehead atoms. The molecule has 3 aromatic carbocycles. The number of carboxylic acids is 1. The van der Waals surface area contributed by atoms with E-state index in [-0.39, 0.29) is 12.3 Å². The van der Waals surface area contributed by atoms with Crippen LogP contribution in [0.1, 0.15) is 58.5 Å². The van der Waals surface area contributed by atoms with Crippen molar-refractivity contribution in [1.82, 2.24) is 9.71 Å². The number of aromatic nitrogens is 1. The number of primary amides is 1. The maximum atomic E-state index is 13.5. The van der Waals surface area contributed by atoms with E-state index in [1.54, 1.807) is 24.4 Å². The Morgan fingerprint density at radius 3 is 2.11 bits per heavy atom. The second kappa shape index (κ2) is 25.4. The van der Waals surface area contributed by atoms with Gasteiger partial charge in [0.2, 0.25) is 5.91 Å². The molecule has 4 aromatic rings. The van der Waals surface area contributed by atoms with Crippen molar-refractivity contribution < 1.29 is 38.4 Å². The monoisotopic (exact) mass is 801 g/mol. The summed E-state index contributed by atoms with van der Waals surface area (Å²) in [6.45, 7) is 10.5. The number of amides is 2. The quantitative estimate of drug-likeness (QED) is 0.0376. The summed E-state index contributed by atoms with van der Waals surface area (Å²) in [7, 11) is 0. The molecular formula is C43H55N5O8S. The number of ether oxygens (including phenoxy) is 4. The number of nitrogens with one attached hydrogen (secondary N) is 2. The predicted molar refractivity (Wildman–Crippen MR) is 224 cm³/mol. The van der Waals surface area contributed by atoms with Crippen LogP contribution >= 0.6 is 11.9 Å². The number of nitrogens with two attached hydrogens (primary N) is 1. The first kappa shape index (κ1) is 44.9. The van der Waals surface area contributed by atoms with Crippen LogP contribution in [0.5, 0.6) is 0 Å². The molecule has 5 N–H and O–H groups in total. The third-order valence-electron chi connectivity index (χ3n) is 8.85. The van der Waals surface area contributed by atoms with Crippen molar-refractivity contribution in [3.05, 3.63) is 107 Å². The van der Waals surface area contributed by atoms with E-state index in [1.165, 1.54) is 11.9 Å². The molecule has 0 saturated heterocycles. The number of anilines is 2. The normalized spacial score (nSPS) is 11.1. The van der Waals surface area contributed by atoms with Gasteiger partial charge in [-0.2, -0.15) is 0 Å². The molecule has 0 saturated carbocycles. The Morgan fingerprint density at radius 2 is 1.44 bits per heavy atom. The van der Waals surface area contributed by atoms with Crippen LogP contribution in [-0.4, -0.2) is 100 Å². The average Bonchev–Trinajstić information content (AvgIpc) is 3.22. The molecule has 0 aliphatic carbocycles. The fourth-order valence-electron chi connectivity index (χ4n) is 5.80. The van der Waals surface area contributed by atoms with Crippen molar-refractivity contribution in [2.45, 2.75) is 44.4 Å². The molecule has 13 nitrogen and oxygen atoms in total. The summed E-state index contributed by atoms with van der Waals surface area (Å²) in [5.41, 5.74) is 11.3. The highest BCUT2D eigenvalue weighted by Crippen LogP contribution is 2.32. The lowest BCUT2D eigenvalue weighted by molar-refractivity contribution is -0.136. The van der Waals surface area contributed by atoms with E-state index in [9.17, 15) is 14.4 Å². The summed E-state index contributed by atoms with van der Waals surface area (Å²) in [5, 5.41) is 11.9. The summed E-state index contributed by atoms with van der Waals surface area (Å²) in [6, 6.07) is 24.4. The third-order valence-corrected chi connectivity index (χ3v) is 9.71. The summed E-state index contributed by atoms with van der Waals surface area (Å²) in [6.07, 6.45) is 3.76. The SMILES string of the molecule is CCN(CC)c1ccc(NC(=O)c2cccc(CCCOCCOCCOCCOCCNSc3ccc(CCC(=O)O)cc3)c2)c(-c2cc(C(N)=O)ccn2)c1. The smallest absolute Gasteiger partial charge is 0.303 e. The molecule has 306 valence electrons. The topological polar surface area (TPSA) is 175 Å². The highest BCUT2D eigenvalue weighted by atomic mass is 32.2. The van der Waals surface area contributed by atoms with Gasteiger partial charge in [-0.25, -0.2) is 0 Å². The number of aryl methyl sites for hydroxylation is 2. The number of pyridine rings is 1. The Kier molecular flexibility index (Phi) is 20.0. The molecule has 4 rings (SSSR count). The third kappa shape index (κ3) is 16.3. The van der Waals surface area contributed by atoms with Crippen LogP contribution in [0.4, 0.5) is 11.4 Å². The highest BCUT2D eigenvalue weighted by Gasteiger charge is 2.16. The number of rotatable bonds is 28. The molecule has 0 unspecified atom stereocenters. The fourth-order valence-corrected chi connectivity index (χ4v) is 6.42. The maximum absolute atomic E-state index is 13.5. The summed E-state index contributed by atoms with van der Waals surface area (Å²) >= 11 is 1.51. The first-order valence-corrected chi connectivity index (χ1v) is 20.2. The Bertz CT molecular complexity index is 1840. The maximum Gasteiger partial charge on any atom is 0.303 e. The molecule has 0 fully saturated rings. The van der Waals surface area contributed by atoms with Gasteiger partial charge in [0.1, 0.15) is 0 Å². The summed E-state index contributed by atoms with van der Waals surface area (Å²) in [5.74, 6) is -1.58. The van der Waals surface area contributed by atoms with E-state index in [4.69, 9.17) is 29.8 Å². The van der Waals surface area contributed by atoms with E-state index >= 15 is 0 Å². The fraction of sp³-hybridized carbons (Fsp3) is 0.395. The number of carbonyl (C=O) groups is 3. The van der Waals surface area contributed by atoms with E-state index in [0.29, 0.717) is 93.9 Å². The minimum absolute atomic E-state index is 0.135. The number of aliphatic carboxylic acids is 1. The van der Waals surface area contributed by atoms with Gasteiger partial charge in [-0.3, -0.25) is 24.1 Å². The lowest BCUT2D eigenvalue weighted by Crippen LogP contribution is -2.22. The van der Waals surface area contributed by atoms with E-state index in [2.05, 4.69) is 33.8 Å². The largest absolute Gasteiger partial charge is 0.481 e. The van der Waals surface area contributed by atoms with Gasteiger partial charge in [0, 0.05) is 66.1 Å². The van der Waals surface area contributed by atoms with Crippen molar-refractivity contribution in [2.75, 3.05) is 82.7 Å². The zero-order valence-electron chi connectivity index (χ0n) is 32.9. The number of nitrogens with zero attached hydrogens (tertiary/aromatic N) is 2. The molecule has 14 heteroatoms. The summed E-state index contributed by atoms with van der Waals surface area (Å²) in [4.78, 5) is 43.8. The highest BCUT2D eigenvalue weighted by molar-refractivity contribution is 7.97. The van der Waals surface area contributed by atoms with Crippen LogP contribution in [0.3, 0.4) is 0 Å². The van der Waals surface area contributed by atoms with E-state index < -0.39 is 11.9 Å². The molecule has 1 heterocycles. The Morgan fingerprint density at radius 1 is 0.754 bits per heavy atom. The Balaban J connectivity index is 1.06. The van der Waals surface area contributed by atoms with Crippen molar-refractivity contribution >= 4 is 41.1 Å². The van der Waals surface area contributed by atoms with Gasteiger partial charge in [0.15, 0.2) is 0 Å².